The maximum absolute atomic E-state index is 13.9. The predicted octanol–water partition coefficient (Wildman–Crippen LogP) is 3.15. The summed E-state index contributed by atoms with van der Waals surface area (Å²) in [5.74, 6) is -5.05. The average Bonchev–Trinajstić information content (AvgIpc) is 3.83. The number of esters is 2. The van der Waals surface area contributed by atoms with Gasteiger partial charge in [-0.15, -0.1) is 0 Å². The number of ether oxygens (including phenoxy) is 4. The molecule has 0 aromatic heterocycles. The Morgan fingerprint density at radius 2 is 1.00 bits per heavy atom. The molecule has 0 amide bonds. The van der Waals surface area contributed by atoms with Crippen LogP contribution in [0.25, 0.3) is 11.1 Å². The first-order valence-electron chi connectivity index (χ1n) is 12.4. The quantitative estimate of drug-likeness (QED) is 0.219. The topological polar surface area (TPSA) is 152 Å². The highest BCUT2D eigenvalue weighted by molar-refractivity contribution is 6.47. The molecule has 2 aromatic carbocycles. The van der Waals surface area contributed by atoms with E-state index in [9.17, 15) is 29.4 Å². The number of aromatic hydroxyl groups is 2. The molecule has 0 bridgehead atoms. The predicted molar refractivity (Wildman–Crippen MR) is 139 cm³/mol. The first-order valence-corrected chi connectivity index (χ1v) is 12.4. The minimum Gasteiger partial charge on any atom is -0.508 e. The zero-order valence-corrected chi connectivity index (χ0v) is 21.4. The number of carbonyl (C=O) groups excluding carboxylic acids is 4. The van der Waals surface area contributed by atoms with E-state index in [1.54, 1.807) is 0 Å². The molecule has 1 aliphatic carbocycles. The number of allylic oxidation sites excluding steroid dienone is 2. The Morgan fingerprint density at radius 3 is 1.30 bits per heavy atom. The van der Waals surface area contributed by atoms with Crippen LogP contribution in [-0.2, 0) is 38.1 Å². The lowest BCUT2D eigenvalue weighted by Crippen LogP contribution is -2.27. The van der Waals surface area contributed by atoms with Crippen molar-refractivity contribution in [2.75, 3.05) is 0 Å². The Bertz CT molecular complexity index is 1390. The summed E-state index contributed by atoms with van der Waals surface area (Å²) in [7, 11) is 0. The smallest absolute Gasteiger partial charge is 0.336 e. The molecule has 5 rings (SSSR count). The van der Waals surface area contributed by atoms with Crippen LogP contribution in [0.15, 0.2) is 84.4 Å². The molecule has 40 heavy (non-hydrogen) atoms. The molecule has 10 nitrogen and oxygen atoms in total. The number of benzene rings is 2. The van der Waals surface area contributed by atoms with Crippen molar-refractivity contribution < 1.29 is 48.3 Å². The van der Waals surface area contributed by atoms with Crippen molar-refractivity contribution in [2.45, 2.75) is 38.3 Å². The highest BCUT2D eigenvalue weighted by atomic mass is 16.6. The van der Waals surface area contributed by atoms with Crippen LogP contribution in [0.1, 0.15) is 25.0 Å². The fourth-order valence-electron chi connectivity index (χ4n) is 4.06. The maximum atomic E-state index is 13.9. The van der Waals surface area contributed by atoms with Gasteiger partial charge in [0.2, 0.25) is 11.6 Å². The lowest BCUT2D eigenvalue weighted by Gasteiger charge is -2.23. The largest absolute Gasteiger partial charge is 0.508 e. The number of ketones is 2. The van der Waals surface area contributed by atoms with Gasteiger partial charge in [-0.2, -0.15) is 0 Å². The van der Waals surface area contributed by atoms with E-state index >= 15 is 0 Å². The van der Waals surface area contributed by atoms with Crippen molar-refractivity contribution in [3.63, 3.8) is 0 Å². The molecule has 0 spiro atoms. The van der Waals surface area contributed by atoms with E-state index in [1.807, 2.05) is 13.8 Å². The molecule has 204 valence electrons. The molecule has 2 heterocycles. The monoisotopic (exact) mass is 544 g/mol. The molecular weight excluding hydrogens is 520 g/mol. The Morgan fingerprint density at radius 1 is 0.675 bits per heavy atom. The lowest BCUT2D eigenvalue weighted by atomic mass is 9.86. The van der Waals surface area contributed by atoms with Gasteiger partial charge in [-0.1, -0.05) is 24.3 Å². The summed E-state index contributed by atoms with van der Waals surface area (Å²) in [6, 6.07) is 10.6. The van der Waals surface area contributed by atoms with Crippen molar-refractivity contribution >= 4 is 34.7 Å². The van der Waals surface area contributed by atoms with E-state index < -0.39 is 35.0 Å². The van der Waals surface area contributed by atoms with Gasteiger partial charge in [0, 0.05) is 12.2 Å². The summed E-state index contributed by atoms with van der Waals surface area (Å²) in [4.78, 5) is 53.3. The Kier molecular flexibility index (Phi) is 7.20. The van der Waals surface area contributed by atoms with Gasteiger partial charge in [0.25, 0.3) is 0 Å². The molecule has 2 aromatic rings. The van der Waals surface area contributed by atoms with Gasteiger partial charge in [-0.3, -0.25) is 9.59 Å². The summed E-state index contributed by atoms with van der Waals surface area (Å²) in [6.07, 6.45) is 4.50. The molecule has 0 radical (unpaired) electrons. The molecule has 0 saturated carbocycles. The number of hydrogen-bond acceptors (Lipinski definition) is 10. The van der Waals surface area contributed by atoms with Gasteiger partial charge < -0.3 is 29.2 Å². The molecule has 10 heteroatoms. The first-order chi connectivity index (χ1) is 19.1. The fourth-order valence-corrected chi connectivity index (χ4v) is 4.06. The lowest BCUT2D eigenvalue weighted by molar-refractivity contribution is -0.138. The summed E-state index contributed by atoms with van der Waals surface area (Å²) in [6.45, 7) is 3.64. The fraction of sp³-hybridized carbons (Fsp3) is 0.200. The molecule has 4 unspecified atom stereocenters. The third-order valence-electron chi connectivity index (χ3n) is 6.40. The number of phenols is 2. The van der Waals surface area contributed by atoms with Gasteiger partial charge in [0.15, 0.2) is 11.5 Å². The molecular formula is C30H24O10. The Balaban J connectivity index is 1.58. The number of Topliss-reactive ketones (excluding diaryl/α,β-unsaturated/α-hetero) is 2. The van der Waals surface area contributed by atoms with E-state index in [2.05, 4.69) is 0 Å². The third-order valence-corrected chi connectivity index (χ3v) is 6.40. The van der Waals surface area contributed by atoms with Crippen LogP contribution < -0.4 is 0 Å². The summed E-state index contributed by atoms with van der Waals surface area (Å²) in [5, 5.41) is 19.5. The van der Waals surface area contributed by atoms with Crippen LogP contribution in [0, 0.1) is 0 Å². The summed E-state index contributed by atoms with van der Waals surface area (Å²) < 4.78 is 21.3. The normalized spacial score (nSPS) is 24.1. The summed E-state index contributed by atoms with van der Waals surface area (Å²) in [5.41, 5.74) is -0.403. The second kappa shape index (κ2) is 10.8. The van der Waals surface area contributed by atoms with Gasteiger partial charge in [0.1, 0.15) is 23.7 Å². The molecule has 4 atom stereocenters. The van der Waals surface area contributed by atoms with E-state index in [0.717, 1.165) is 12.2 Å². The summed E-state index contributed by atoms with van der Waals surface area (Å²) >= 11 is 0. The van der Waals surface area contributed by atoms with E-state index in [-0.39, 0.29) is 58.2 Å². The van der Waals surface area contributed by atoms with Crippen molar-refractivity contribution in [3.8, 4) is 11.5 Å². The van der Waals surface area contributed by atoms with Crippen LogP contribution in [0.5, 0.6) is 11.5 Å². The van der Waals surface area contributed by atoms with Gasteiger partial charge in [0.05, 0.1) is 23.4 Å². The van der Waals surface area contributed by atoms with Crippen LogP contribution in [-0.4, -0.2) is 58.1 Å². The van der Waals surface area contributed by atoms with Crippen molar-refractivity contribution in [1.82, 2.24) is 0 Å². The SMILES string of the molecule is CC1OC1C=CC(=O)OC1=C(c2ccc(O)cc2)C(=O)C(OC(=O)C=CC2OC2C)=C(c2ccc(O)cc2)C1=O. The number of hydrogen-bond donors (Lipinski definition) is 2. The maximum Gasteiger partial charge on any atom is 0.336 e. The standard InChI is InChI=1S/C30H24O10/c1-15-21(37-15)11-13-23(33)39-29-25(17-3-7-19(31)8-4-17)28(36)30(40-24(34)14-12-22-16(2)38-22)26(27(29)35)18-5-9-20(32)10-6-18/h3-16,21-22,31-32H,1-2H3. The number of epoxide rings is 2. The minimum atomic E-state index is -0.929. The Labute approximate surface area is 228 Å². The second-order valence-corrected chi connectivity index (χ2v) is 9.33. The minimum absolute atomic E-state index is 0.0567. The Hall–Kier alpha value is -4.80. The zero-order valence-electron chi connectivity index (χ0n) is 21.4. The third kappa shape index (κ3) is 5.78. The highest BCUT2D eigenvalue weighted by Crippen LogP contribution is 2.38. The molecule has 3 aliphatic rings. The van der Waals surface area contributed by atoms with Crippen LogP contribution in [0.4, 0.5) is 0 Å². The van der Waals surface area contributed by atoms with Gasteiger partial charge >= 0.3 is 11.9 Å². The van der Waals surface area contributed by atoms with E-state index in [1.165, 1.54) is 60.7 Å². The average molecular weight is 545 g/mol. The molecule has 2 N–H and O–H groups in total. The number of phenolic OH excluding ortho intramolecular Hbond substituents is 2. The number of rotatable bonds is 8. The first kappa shape index (κ1) is 26.8. The van der Waals surface area contributed by atoms with Crippen molar-refractivity contribution in [1.29, 1.82) is 0 Å². The van der Waals surface area contributed by atoms with Crippen molar-refractivity contribution in [3.05, 3.63) is 95.5 Å². The second-order valence-electron chi connectivity index (χ2n) is 9.33. The van der Waals surface area contributed by atoms with E-state index in [0.29, 0.717) is 0 Å². The van der Waals surface area contributed by atoms with E-state index in [4.69, 9.17) is 18.9 Å². The van der Waals surface area contributed by atoms with Gasteiger partial charge in [-0.25, -0.2) is 9.59 Å². The molecule has 2 aliphatic heterocycles. The molecule has 2 fully saturated rings. The van der Waals surface area contributed by atoms with Crippen LogP contribution in [0.2, 0.25) is 0 Å². The highest BCUT2D eigenvalue weighted by Gasteiger charge is 2.41. The zero-order chi connectivity index (χ0) is 28.6. The van der Waals surface area contributed by atoms with Crippen molar-refractivity contribution in [2.24, 2.45) is 0 Å². The van der Waals surface area contributed by atoms with Gasteiger partial charge in [-0.05, 0) is 61.4 Å². The van der Waals surface area contributed by atoms with Crippen LogP contribution in [0.3, 0.4) is 0 Å². The molecule has 2 saturated heterocycles. The number of carbonyl (C=O) groups is 4. The van der Waals surface area contributed by atoms with Crippen LogP contribution >= 0.6 is 0 Å².